The van der Waals surface area contributed by atoms with Crippen LogP contribution in [-0.2, 0) is 17.9 Å². The van der Waals surface area contributed by atoms with E-state index in [4.69, 9.17) is 9.47 Å². The molecule has 0 unspecified atom stereocenters. The maximum Gasteiger partial charge on any atom is 0.266 e. The molecule has 31 heavy (non-hydrogen) atoms. The number of amides is 1. The van der Waals surface area contributed by atoms with Crippen LogP contribution < -0.4 is 20.3 Å². The van der Waals surface area contributed by atoms with Crippen LogP contribution in [0.3, 0.4) is 0 Å². The second-order valence-corrected chi connectivity index (χ2v) is 8.10. The zero-order chi connectivity index (χ0) is 22.2. The van der Waals surface area contributed by atoms with Gasteiger partial charge in [-0.05, 0) is 71.0 Å². The van der Waals surface area contributed by atoms with E-state index in [0.717, 1.165) is 14.7 Å². The Morgan fingerprint density at radius 1 is 1.03 bits per heavy atom. The Bertz CT molecular complexity index is 1100. The molecule has 0 radical (unpaired) electrons. The number of rotatable bonds is 9. The Morgan fingerprint density at radius 2 is 1.77 bits per heavy atom. The first-order chi connectivity index (χ1) is 15.0. The van der Waals surface area contributed by atoms with Crippen LogP contribution in [0.15, 0.2) is 59.4 Å². The standard InChI is InChI=1S/C23H24IN3O4/c1-30-20-11-7-17(14-21(20)31-2)19-10-12-23(29)27(26-19)13-3-4-22(28)25-15-16-5-8-18(24)9-6-16/h5-12,14H,3-4,13,15H2,1-2H3,(H,25,28). The lowest BCUT2D eigenvalue weighted by Crippen LogP contribution is -2.25. The molecule has 0 spiro atoms. The molecule has 2 aromatic carbocycles. The van der Waals surface area contributed by atoms with Crippen LogP contribution in [0.4, 0.5) is 0 Å². The number of carbonyl (C=O) groups is 1. The van der Waals surface area contributed by atoms with Crippen molar-refractivity contribution < 1.29 is 14.3 Å². The second kappa shape index (κ2) is 10.9. The van der Waals surface area contributed by atoms with Crippen LogP contribution in [-0.4, -0.2) is 29.9 Å². The van der Waals surface area contributed by atoms with E-state index in [1.807, 2.05) is 36.4 Å². The molecule has 3 aromatic rings. The summed E-state index contributed by atoms with van der Waals surface area (Å²) in [5.74, 6) is 1.16. The number of nitrogens with zero attached hydrogens (tertiary/aromatic N) is 2. The average Bonchev–Trinajstić information content (AvgIpc) is 2.79. The van der Waals surface area contributed by atoms with Gasteiger partial charge in [0.2, 0.25) is 5.91 Å². The molecule has 0 fully saturated rings. The zero-order valence-electron chi connectivity index (χ0n) is 17.4. The first-order valence-electron chi connectivity index (χ1n) is 9.82. The lowest BCUT2D eigenvalue weighted by atomic mass is 10.1. The monoisotopic (exact) mass is 533 g/mol. The van der Waals surface area contributed by atoms with Crippen molar-refractivity contribution in [3.8, 4) is 22.8 Å². The van der Waals surface area contributed by atoms with Gasteiger partial charge in [-0.25, -0.2) is 4.68 Å². The van der Waals surface area contributed by atoms with Crippen LogP contribution in [0.2, 0.25) is 0 Å². The van der Waals surface area contributed by atoms with E-state index < -0.39 is 0 Å². The van der Waals surface area contributed by atoms with Crippen molar-refractivity contribution in [2.45, 2.75) is 25.9 Å². The van der Waals surface area contributed by atoms with Gasteiger partial charge in [0.1, 0.15) is 0 Å². The highest BCUT2D eigenvalue weighted by Crippen LogP contribution is 2.31. The van der Waals surface area contributed by atoms with Gasteiger partial charge in [0.25, 0.3) is 5.56 Å². The molecule has 0 atom stereocenters. The number of carbonyl (C=O) groups excluding carboxylic acids is 1. The average molecular weight is 533 g/mol. The minimum atomic E-state index is -0.205. The molecular weight excluding hydrogens is 509 g/mol. The molecule has 8 heteroatoms. The van der Waals surface area contributed by atoms with Crippen molar-refractivity contribution in [3.63, 3.8) is 0 Å². The highest BCUT2D eigenvalue weighted by Gasteiger charge is 2.09. The van der Waals surface area contributed by atoms with Crippen LogP contribution in [0.1, 0.15) is 18.4 Å². The molecule has 0 saturated heterocycles. The van der Waals surface area contributed by atoms with E-state index in [2.05, 4.69) is 33.0 Å². The lowest BCUT2D eigenvalue weighted by Gasteiger charge is -2.11. The molecule has 1 N–H and O–H groups in total. The predicted molar refractivity (Wildman–Crippen MR) is 127 cm³/mol. The van der Waals surface area contributed by atoms with Gasteiger partial charge in [0.15, 0.2) is 11.5 Å². The Balaban J connectivity index is 1.59. The number of benzene rings is 2. The molecular formula is C23H24IN3O4. The van der Waals surface area contributed by atoms with E-state index in [9.17, 15) is 9.59 Å². The molecule has 7 nitrogen and oxygen atoms in total. The van der Waals surface area contributed by atoms with Crippen molar-refractivity contribution in [1.82, 2.24) is 15.1 Å². The number of aryl methyl sites for hydroxylation is 1. The summed E-state index contributed by atoms with van der Waals surface area (Å²) in [6.45, 7) is 0.847. The summed E-state index contributed by atoms with van der Waals surface area (Å²) in [7, 11) is 3.14. The molecule has 1 amide bonds. The third-order valence-electron chi connectivity index (χ3n) is 4.72. The molecule has 0 aliphatic rings. The molecule has 3 rings (SSSR count). The van der Waals surface area contributed by atoms with Crippen molar-refractivity contribution in [3.05, 3.63) is 74.1 Å². The van der Waals surface area contributed by atoms with Gasteiger partial charge in [-0.1, -0.05) is 12.1 Å². The highest BCUT2D eigenvalue weighted by atomic mass is 127. The van der Waals surface area contributed by atoms with Crippen LogP contribution in [0, 0.1) is 3.57 Å². The Kier molecular flexibility index (Phi) is 8.05. The van der Waals surface area contributed by atoms with Gasteiger partial charge in [0, 0.05) is 34.7 Å². The van der Waals surface area contributed by atoms with E-state index in [1.165, 1.54) is 10.7 Å². The van der Waals surface area contributed by atoms with E-state index >= 15 is 0 Å². The molecule has 1 aromatic heterocycles. The molecule has 0 aliphatic carbocycles. The van der Waals surface area contributed by atoms with Crippen LogP contribution in [0.5, 0.6) is 11.5 Å². The second-order valence-electron chi connectivity index (χ2n) is 6.86. The molecule has 0 aliphatic heterocycles. The first kappa shape index (κ1) is 22.8. The number of halogens is 1. The number of aromatic nitrogens is 2. The lowest BCUT2D eigenvalue weighted by molar-refractivity contribution is -0.121. The Hall–Kier alpha value is -2.88. The first-order valence-corrected chi connectivity index (χ1v) is 10.9. The van der Waals surface area contributed by atoms with Crippen LogP contribution >= 0.6 is 22.6 Å². The van der Waals surface area contributed by atoms with Crippen molar-refractivity contribution >= 4 is 28.5 Å². The third kappa shape index (κ3) is 6.30. The van der Waals surface area contributed by atoms with Crippen molar-refractivity contribution in [1.29, 1.82) is 0 Å². The molecule has 0 bridgehead atoms. The van der Waals surface area contributed by atoms with Gasteiger partial charge < -0.3 is 14.8 Å². The smallest absolute Gasteiger partial charge is 0.266 e. The Morgan fingerprint density at radius 3 is 2.48 bits per heavy atom. The summed E-state index contributed by atoms with van der Waals surface area (Å²) in [4.78, 5) is 24.3. The predicted octanol–water partition coefficient (Wildman–Crippen LogP) is 3.63. The summed E-state index contributed by atoms with van der Waals surface area (Å²) < 4.78 is 13.1. The fourth-order valence-corrected chi connectivity index (χ4v) is 3.40. The fourth-order valence-electron chi connectivity index (χ4n) is 3.04. The fraction of sp³-hybridized carbons (Fsp3) is 0.261. The van der Waals surface area contributed by atoms with E-state index in [0.29, 0.717) is 43.1 Å². The number of methoxy groups -OCH3 is 2. The number of hydrogen-bond donors (Lipinski definition) is 1. The van der Waals surface area contributed by atoms with Gasteiger partial charge in [-0.2, -0.15) is 5.10 Å². The summed E-state index contributed by atoms with van der Waals surface area (Å²) in [5, 5.41) is 7.35. The molecule has 0 saturated carbocycles. The summed E-state index contributed by atoms with van der Waals surface area (Å²) in [6, 6.07) is 16.6. The maximum absolute atomic E-state index is 12.2. The Labute approximate surface area is 194 Å². The van der Waals surface area contributed by atoms with Gasteiger partial charge >= 0.3 is 0 Å². The topological polar surface area (TPSA) is 82.5 Å². The highest BCUT2D eigenvalue weighted by molar-refractivity contribution is 14.1. The summed E-state index contributed by atoms with van der Waals surface area (Å²) in [6.07, 6.45) is 0.833. The SMILES string of the molecule is COc1ccc(-c2ccc(=O)n(CCCC(=O)NCc3ccc(I)cc3)n2)cc1OC. The number of nitrogens with one attached hydrogen (secondary N) is 1. The quantitative estimate of drug-likeness (QED) is 0.425. The molecule has 1 heterocycles. The maximum atomic E-state index is 12.2. The zero-order valence-corrected chi connectivity index (χ0v) is 19.6. The van der Waals surface area contributed by atoms with Crippen LogP contribution in [0.25, 0.3) is 11.3 Å². The third-order valence-corrected chi connectivity index (χ3v) is 5.44. The minimum Gasteiger partial charge on any atom is -0.493 e. The van der Waals surface area contributed by atoms with Gasteiger partial charge in [-0.3, -0.25) is 9.59 Å². The van der Waals surface area contributed by atoms with Gasteiger partial charge in [0.05, 0.1) is 19.9 Å². The number of ether oxygens (including phenoxy) is 2. The minimum absolute atomic E-state index is 0.0531. The summed E-state index contributed by atoms with van der Waals surface area (Å²) in [5.41, 5.74) is 2.29. The largest absolute Gasteiger partial charge is 0.493 e. The van der Waals surface area contributed by atoms with E-state index in [1.54, 1.807) is 26.4 Å². The van der Waals surface area contributed by atoms with Crippen molar-refractivity contribution in [2.24, 2.45) is 0 Å². The molecule has 162 valence electrons. The number of hydrogen-bond acceptors (Lipinski definition) is 5. The van der Waals surface area contributed by atoms with Crippen molar-refractivity contribution in [2.75, 3.05) is 14.2 Å². The van der Waals surface area contributed by atoms with E-state index in [-0.39, 0.29) is 11.5 Å². The van der Waals surface area contributed by atoms with Gasteiger partial charge in [-0.15, -0.1) is 0 Å². The summed E-state index contributed by atoms with van der Waals surface area (Å²) >= 11 is 2.24. The normalized spacial score (nSPS) is 10.5.